The first-order chi connectivity index (χ1) is 12.3. The highest BCUT2D eigenvalue weighted by atomic mass is 16.5. The van der Waals surface area contributed by atoms with Crippen molar-refractivity contribution in [2.45, 2.75) is 75.6 Å². The molecule has 0 unspecified atom stereocenters. The van der Waals surface area contributed by atoms with E-state index in [1.54, 1.807) is 0 Å². The van der Waals surface area contributed by atoms with Crippen LogP contribution in [0.1, 0.15) is 57.4 Å². The third kappa shape index (κ3) is 2.40. The first-order valence-corrected chi connectivity index (χ1v) is 9.96. The quantitative estimate of drug-likeness (QED) is 0.886. The molecule has 0 aromatic carbocycles. The third-order valence-corrected chi connectivity index (χ3v) is 7.23. The Bertz CT molecular complexity index is 627. The topological polar surface area (TPSA) is 68.2 Å². The fraction of sp³-hybridized carbons (Fsp3) is 0.789. The number of amides is 2. The van der Waals surface area contributed by atoms with Gasteiger partial charge in [0.1, 0.15) is 0 Å². The molecule has 1 aromatic heterocycles. The average molecular weight is 344 g/mol. The zero-order valence-corrected chi connectivity index (χ0v) is 14.7. The van der Waals surface area contributed by atoms with Gasteiger partial charge in [0.05, 0.1) is 18.2 Å². The largest absolute Gasteiger partial charge is 0.377 e. The maximum absolute atomic E-state index is 12.8. The van der Waals surface area contributed by atoms with Gasteiger partial charge in [0, 0.05) is 36.4 Å². The molecule has 1 spiro atoms. The molecule has 0 bridgehead atoms. The zero-order chi connectivity index (χ0) is 16.9. The van der Waals surface area contributed by atoms with Crippen molar-refractivity contribution in [1.29, 1.82) is 0 Å². The first-order valence-electron chi connectivity index (χ1n) is 9.96. The summed E-state index contributed by atoms with van der Waals surface area (Å²) >= 11 is 0. The molecule has 0 radical (unpaired) electrons. The van der Waals surface area contributed by atoms with Gasteiger partial charge >= 0.3 is 6.03 Å². The van der Waals surface area contributed by atoms with Gasteiger partial charge in [-0.25, -0.2) is 4.79 Å². The Balaban J connectivity index is 1.24. The van der Waals surface area contributed by atoms with E-state index in [2.05, 4.69) is 15.7 Å². The van der Waals surface area contributed by atoms with E-state index in [4.69, 9.17) is 4.74 Å². The standard InChI is InChI=1S/C19H28N4O2/c24-18(21-14-5-1-2-6-15(14)23-11-4-10-20-23)22-16-13-7-12-25-17(13)19(16)8-3-9-19/h4,10-11,13-17H,1-3,5-9,12H2,(H2,21,22,24)/t13-,14-,15+,16-,17-/m1/s1. The summed E-state index contributed by atoms with van der Waals surface area (Å²) in [6.07, 6.45) is 13.5. The number of hydrogen-bond acceptors (Lipinski definition) is 3. The van der Waals surface area contributed by atoms with E-state index < -0.39 is 0 Å². The van der Waals surface area contributed by atoms with E-state index in [0.717, 1.165) is 25.9 Å². The molecule has 3 aliphatic carbocycles. The highest BCUT2D eigenvalue weighted by Gasteiger charge is 2.67. The zero-order valence-electron chi connectivity index (χ0n) is 14.7. The normalized spacial score (nSPS) is 38.5. The highest BCUT2D eigenvalue weighted by molar-refractivity contribution is 5.75. The van der Waals surface area contributed by atoms with Crippen molar-refractivity contribution in [3.05, 3.63) is 18.5 Å². The van der Waals surface area contributed by atoms with Crippen LogP contribution in [0.5, 0.6) is 0 Å². The van der Waals surface area contributed by atoms with E-state index in [0.29, 0.717) is 18.1 Å². The van der Waals surface area contributed by atoms with E-state index in [-0.39, 0.29) is 23.5 Å². The molecule has 5 rings (SSSR count). The minimum Gasteiger partial charge on any atom is -0.377 e. The molecule has 6 nitrogen and oxygen atoms in total. The van der Waals surface area contributed by atoms with Gasteiger partial charge in [0.2, 0.25) is 0 Å². The molecule has 2 N–H and O–H groups in total. The van der Waals surface area contributed by atoms with Crippen LogP contribution in [0.25, 0.3) is 0 Å². The Morgan fingerprint density at radius 1 is 1.16 bits per heavy atom. The highest BCUT2D eigenvalue weighted by Crippen LogP contribution is 2.62. The van der Waals surface area contributed by atoms with Gasteiger partial charge in [-0.2, -0.15) is 5.10 Å². The summed E-state index contributed by atoms with van der Waals surface area (Å²) in [6, 6.07) is 2.71. The number of nitrogens with one attached hydrogen (secondary N) is 2. The van der Waals surface area contributed by atoms with Crippen molar-refractivity contribution in [2.24, 2.45) is 11.3 Å². The molecule has 4 aliphatic rings. The molecular weight excluding hydrogens is 316 g/mol. The summed E-state index contributed by atoms with van der Waals surface area (Å²) in [6.45, 7) is 0.862. The maximum atomic E-state index is 12.8. The molecule has 6 heteroatoms. The van der Waals surface area contributed by atoms with Crippen molar-refractivity contribution in [1.82, 2.24) is 20.4 Å². The van der Waals surface area contributed by atoms with Crippen LogP contribution in [-0.4, -0.2) is 40.6 Å². The Hall–Kier alpha value is -1.56. The lowest BCUT2D eigenvalue weighted by molar-refractivity contribution is -0.172. The van der Waals surface area contributed by atoms with Crippen molar-refractivity contribution in [3.8, 4) is 0 Å². The molecule has 1 aromatic rings. The van der Waals surface area contributed by atoms with Crippen LogP contribution in [0.2, 0.25) is 0 Å². The summed E-state index contributed by atoms with van der Waals surface area (Å²) in [5.41, 5.74) is 0.243. The molecule has 5 atom stereocenters. The minimum absolute atomic E-state index is 0.00526. The van der Waals surface area contributed by atoms with Crippen LogP contribution in [-0.2, 0) is 4.74 Å². The smallest absolute Gasteiger partial charge is 0.315 e. The molecule has 136 valence electrons. The van der Waals surface area contributed by atoms with Crippen LogP contribution in [0.4, 0.5) is 4.79 Å². The van der Waals surface area contributed by atoms with E-state index in [1.807, 2.05) is 23.1 Å². The summed E-state index contributed by atoms with van der Waals surface area (Å²) in [4.78, 5) is 12.8. The summed E-state index contributed by atoms with van der Waals surface area (Å²) < 4.78 is 7.97. The SMILES string of the molecule is O=C(N[C@@H]1[C@H]2CCO[C@H]2C12CCC2)N[C@@H]1CCCC[C@@H]1n1cccn1. The Morgan fingerprint density at radius 2 is 2.04 bits per heavy atom. The lowest BCUT2D eigenvalue weighted by Crippen LogP contribution is -2.72. The van der Waals surface area contributed by atoms with Crippen LogP contribution in [0.15, 0.2) is 18.5 Å². The van der Waals surface area contributed by atoms with Crippen LogP contribution in [0, 0.1) is 11.3 Å². The van der Waals surface area contributed by atoms with Gasteiger partial charge in [-0.15, -0.1) is 0 Å². The van der Waals surface area contributed by atoms with Gasteiger partial charge in [0.15, 0.2) is 0 Å². The number of urea groups is 1. The second-order valence-corrected chi connectivity index (χ2v) is 8.37. The average Bonchev–Trinajstić information content (AvgIpc) is 3.22. The predicted octanol–water partition coefficient (Wildman–Crippen LogP) is 2.62. The minimum atomic E-state index is 0.00526. The molecule has 3 saturated carbocycles. The Labute approximate surface area is 148 Å². The molecule has 1 aliphatic heterocycles. The van der Waals surface area contributed by atoms with Gasteiger partial charge in [-0.05, 0) is 38.2 Å². The van der Waals surface area contributed by atoms with Crippen LogP contribution in [0.3, 0.4) is 0 Å². The van der Waals surface area contributed by atoms with E-state index in [9.17, 15) is 4.79 Å². The number of ether oxygens (including phenoxy) is 1. The van der Waals surface area contributed by atoms with Crippen LogP contribution >= 0.6 is 0 Å². The second-order valence-electron chi connectivity index (χ2n) is 8.37. The molecule has 1 saturated heterocycles. The lowest BCUT2D eigenvalue weighted by Gasteiger charge is -2.63. The number of fused-ring (bicyclic) bond motifs is 2. The monoisotopic (exact) mass is 344 g/mol. The molecule has 25 heavy (non-hydrogen) atoms. The Kier molecular flexibility index (Phi) is 3.77. The summed E-state index contributed by atoms with van der Waals surface area (Å²) in [5, 5.41) is 11.0. The van der Waals surface area contributed by atoms with Gasteiger partial charge in [0.25, 0.3) is 0 Å². The second kappa shape index (κ2) is 6.01. The fourth-order valence-electron chi connectivity index (χ4n) is 5.88. The summed E-state index contributed by atoms with van der Waals surface area (Å²) in [7, 11) is 0. The molecule has 2 heterocycles. The van der Waals surface area contributed by atoms with Gasteiger partial charge in [-0.3, -0.25) is 4.68 Å². The predicted molar refractivity (Wildman–Crippen MR) is 93.1 cm³/mol. The van der Waals surface area contributed by atoms with Crippen molar-refractivity contribution >= 4 is 6.03 Å². The molecular formula is C19H28N4O2. The number of carbonyl (C=O) groups excluding carboxylic acids is 1. The molecule has 4 fully saturated rings. The lowest BCUT2D eigenvalue weighted by atomic mass is 9.46. The summed E-state index contributed by atoms with van der Waals surface area (Å²) in [5.74, 6) is 0.527. The van der Waals surface area contributed by atoms with E-state index >= 15 is 0 Å². The molecule has 2 amide bonds. The number of rotatable bonds is 3. The van der Waals surface area contributed by atoms with Gasteiger partial charge in [-0.1, -0.05) is 19.3 Å². The first kappa shape index (κ1) is 15.7. The number of nitrogens with zero attached hydrogens (tertiary/aromatic N) is 2. The van der Waals surface area contributed by atoms with Gasteiger partial charge < -0.3 is 15.4 Å². The number of aromatic nitrogens is 2. The van der Waals surface area contributed by atoms with Crippen LogP contribution < -0.4 is 10.6 Å². The fourth-order valence-corrected chi connectivity index (χ4v) is 5.88. The third-order valence-electron chi connectivity index (χ3n) is 7.23. The maximum Gasteiger partial charge on any atom is 0.315 e. The number of hydrogen-bond donors (Lipinski definition) is 2. The van der Waals surface area contributed by atoms with Crippen molar-refractivity contribution in [3.63, 3.8) is 0 Å². The van der Waals surface area contributed by atoms with Crippen molar-refractivity contribution < 1.29 is 9.53 Å². The van der Waals surface area contributed by atoms with Crippen molar-refractivity contribution in [2.75, 3.05) is 6.61 Å². The Morgan fingerprint density at radius 3 is 2.80 bits per heavy atom. The van der Waals surface area contributed by atoms with E-state index in [1.165, 1.54) is 32.1 Å². The number of carbonyl (C=O) groups is 1.